The molecule has 0 saturated carbocycles. The zero-order chi connectivity index (χ0) is 18.2. The van der Waals surface area contributed by atoms with E-state index in [-0.39, 0.29) is 17.6 Å². The summed E-state index contributed by atoms with van der Waals surface area (Å²) in [5, 5.41) is 5.73. The highest BCUT2D eigenvalue weighted by molar-refractivity contribution is 7.80. The van der Waals surface area contributed by atoms with Crippen LogP contribution in [0.1, 0.15) is 21.5 Å². The van der Waals surface area contributed by atoms with E-state index in [1.165, 1.54) is 0 Å². The number of thiocarbonyl (C=S) groups is 1. The first-order valence-corrected chi connectivity index (χ1v) is 8.13. The minimum Gasteiger partial charge on any atom is -0.343 e. The van der Waals surface area contributed by atoms with E-state index in [2.05, 4.69) is 21.5 Å². The maximum atomic E-state index is 12.0. The highest BCUT2D eigenvalue weighted by Gasteiger charge is 2.09. The summed E-state index contributed by atoms with van der Waals surface area (Å²) in [6.07, 6.45) is 0. The van der Waals surface area contributed by atoms with Crippen molar-refractivity contribution < 1.29 is 9.59 Å². The molecule has 2 amide bonds. The van der Waals surface area contributed by atoms with Gasteiger partial charge in [0.1, 0.15) is 0 Å². The summed E-state index contributed by atoms with van der Waals surface area (Å²) in [6.45, 7) is 3.75. The number of benzene rings is 2. The fourth-order valence-corrected chi connectivity index (χ4v) is 2.17. The Labute approximate surface area is 152 Å². The van der Waals surface area contributed by atoms with Gasteiger partial charge in [-0.05, 0) is 61.5 Å². The maximum Gasteiger partial charge on any atom is 0.257 e. The van der Waals surface area contributed by atoms with Crippen LogP contribution in [0.2, 0.25) is 0 Å². The average molecular weight is 356 g/mol. The van der Waals surface area contributed by atoms with E-state index < -0.39 is 5.91 Å². The molecule has 0 bridgehead atoms. The third-order valence-electron chi connectivity index (χ3n) is 3.53. The van der Waals surface area contributed by atoms with Gasteiger partial charge < -0.3 is 10.6 Å². The molecule has 7 heteroatoms. The Morgan fingerprint density at radius 1 is 0.960 bits per heavy atom. The fourth-order valence-electron chi connectivity index (χ4n) is 2.00. The van der Waals surface area contributed by atoms with Crippen molar-refractivity contribution in [1.82, 2.24) is 16.2 Å². The normalized spacial score (nSPS) is 9.84. The first-order chi connectivity index (χ1) is 12.0. The SMILES string of the molecule is Cc1ccc(C(=O)NCC(=O)NNC(=S)Nc2ccccc2)cc1C. The van der Waals surface area contributed by atoms with Crippen LogP contribution in [0.3, 0.4) is 0 Å². The highest BCUT2D eigenvalue weighted by Crippen LogP contribution is 2.09. The molecule has 25 heavy (non-hydrogen) atoms. The molecule has 0 heterocycles. The summed E-state index contributed by atoms with van der Waals surface area (Å²) >= 11 is 5.07. The second-order valence-electron chi connectivity index (χ2n) is 5.48. The quantitative estimate of drug-likeness (QED) is 0.498. The van der Waals surface area contributed by atoms with Crippen LogP contribution in [-0.2, 0) is 4.79 Å². The topological polar surface area (TPSA) is 82.3 Å². The van der Waals surface area contributed by atoms with Crippen molar-refractivity contribution in [3.63, 3.8) is 0 Å². The van der Waals surface area contributed by atoms with E-state index in [9.17, 15) is 9.59 Å². The zero-order valence-corrected chi connectivity index (χ0v) is 14.9. The first-order valence-electron chi connectivity index (χ1n) is 7.72. The van der Waals surface area contributed by atoms with Gasteiger partial charge in [0.05, 0.1) is 6.54 Å². The molecule has 0 radical (unpaired) electrons. The molecule has 2 rings (SSSR count). The third-order valence-corrected chi connectivity index (χ3v) is 3.73. The number of rotatable bonds is 4. The third kappa shape index (κ3) is 5.89. The Kier molecular flexibility index (Phi) is 6.47. The number of amides is 2. The van der Waals surface area contributed by atoms with Gasteiger partial charge >= 0.3 is 0 Å². The largest absolute Gasteiger partial charge is 0.343 e. The molecular formula is C18H20N4O2S. The van der Waals surface area contributed by atoms with Gasteiger partial charge in [0.2, 0.25) is 0 Å². The highest BCUT2D eigenvalue weighted by atomic mass is 32.1. The molecule has 2 aromatic carbocycles. The summed E-state index contributed by atoms with van der Waals surface area (Å²) in [4.78, 5) is 23.8. The second kappa shape index (κ2) is 8.79. The molecule has 4 N–H and O–H groups in total. The van der Waals surface area contributed by atoms with Crippen LogP contribution in [0, 0.1) is 13.8 Å². The monoisotopic (exact) mass is 356 g/mol. The minimum atomic E-state index is -0.408. The van der Waals surface area contributed by atoms with Gasteiger partial charge in [-0.1, -0.05) is 24.3 Å². The van der Waals surface area contributed by atoms with Gasteiger partial charge in [-0.3, -0.25) is 20.4 Å². The number of para-hydroxylation sites is 1. The average Bonchev–Trinajstić information content (AvgIpc) is 2.61. The summed E-state index contributed by atoms with van der Waals surface area (Å²) in [6, 6.07) is 14.7. The maximum absolute atomic E-state index is 12.0. The number of hydrogen-bond acceptors (Lipinski definition) is 3. The minimum absolute atomic E-state index is 0.160. The van der Waals surface area contributed by atoms with Gasteiger partial charge in [-0.25, -0.2) is 0 Å². The lowest BCUT2D eigenvalue weighted by molar-refractivity contribution is -0.120. The van der Waals surface area contributed by atoms with Gasteiger partial charge in [0, 0.05) is 11.3 Å². The van der Waals surface area contributed by atoms with Crippen LogP contribution in [0.4, 0.5) is 5.69 Å². The fraction of sp³-hybridized carbons (Fsp3) is 0.167. The molecule has 2 aromatic rings. The van der Waals surface area contributed by atoms with Crippen LogP contribution in [0.25, 0.3) is 0 Å². The van der Waals surface area contributed by atoms with Crippen molar-refractivity contribution in [3.05, 3.63) is 65.2 Å². The number of hydrogen-bond donors (Lipinski definition) is 4. The van der Waals surface area contributed by atoms with Crippen molar-refractivity contribution in [2.45, 2.75) is 13.8 Å². The van der Waals surface area contributed by atoms with Gasteiger partial charge in [0.15, 0.2) is 5.11 Å². The first kappa shape index (κ1) is 18.4. The van der Waals surface area contributed by atoms with E-state index in [1.807, 2.05) is 50.2 Å². The van der Waals surface area contributed by atoms with Crippen LogP contribution < -0.4 is 21.5 Å². The number of anilines is 1. The predicted molar refractivity (Wildman–Crippen MR) is 102 cm³/mol. The molecule has 0 aliphatic carbocycles. The lowest BCUT2D eigenvalue weighted by Gasteiger charge is -2.12. The molecule has 0 atom stereocenters. The smallest absolute Gasteiger partial charge is 0.257 e. The number of nitrogens with one attached hydrogen (secondary N) is 4. The summed E-state index contributed by atoms with van der Waals surface area (Å²) < 4.78 is 0. The summed E-state index contributed by atoms with van der Waals surface area (Å²) in [5.74, 6) is -0.711. The Morgan fingerprint density at radius 2 is 1.68 bits per heavy atom. The number of carbonyl (C=O) groups is 2. The standard InChI is InChI=1S/C18H20N4O2S/c1-12-8-9-14(10-13(12)2)17(24)19-11-16(23)21-22-18(25)20-15-6-4-3-5-7-15/h3-10H,11H2,1-2H3,(H,19,24)(H,21,23)(H2,20,22,25). The predicted octanol–water partition coefficient (Wildman–Crippen LogP) is 2.05. The van der Waals surface area contributed by atoms with Crippen molar-refractivity contribution >= 4 is 34.8 Å². The van der Waals surface area contributed by atoms with Crippen LogP contribution in [0.5, 0.6) is 0 Å². The molecule has 0 aromatic heterocycles. The van der Waals surface area contributed by atoms with Crippen molar-refractivity contribution in [1.29, 1.82) is 0 Å². The van der Waals surface area contributed by atoms with Crippen LogP contribution >= 0.6 is 12.2 Å². The molecule has 0 saturated heterocycles. The second-order valence-corrected chi connectivity index (χ2v) is 5.88. The molecule has 0 unspecified atom stereocenters. The molecular weight excluding hydrogens is 336 g/mol. The van der Waals surface area contributed by atoms with Crippen molar-refractivity contribution in [2.24, 2.45) is 0 Å². The zero-order valence-electron chi connectivity index (χ0n) is 14.1. The van der Waals surface area contributed by atoms with E-state index in [0.717, 1.165) is 16.8 Å². The molecule has 130 valence electrons. The number of aryl methyl sites for hydroxylation is 2. The van der Waals surface area contributed by atoms with Gasteiger partial charge in [0.25, 0.3) is 11.8 Å². The van der Waals surface area contributed by atoms with Crippen molar-refractivity contribution in [3.8, 4) is 0 Å². The van der Waals surface area contributed by atoms with E-state index >= 15 is 0 Å². The number of hydrazine groups is 1. The summed E-state index contributed by atoms with van der Waals surface area (Å²) in [5.41, 5.74) is 8.46. The Balaban J connectivity index is 1.74. The van der Waals surface area contributed by atoms with Crippen LogP contribution in [0.15, 0.2) is 48.5 Å². The number of carbonyl (C=O) groups excluding carboxylic acids is 2. The molecule has 0 fully saturated rings. The lowest BCUT2D eigenvalue weighted by atomic mass is 10.1. The summed E-state index contributed by atoms with van der Waals surface area (Å²) in [7, 11) is 0. The van der Waals surface area contributed by atoms with Gasteiger partial charge in [-0.15, -0.1) is 0 Å². The van der Waals surface area contributed by atoms with Gasteiger partial charge in [-0.2, -0.15) is 0 Å². The lowest BCUT2D eigenvalue weighted by Crippen LogP contribution is -2.47. The Bertz CT molecular complexity index is 778. The van der Waals surface area contributed by atoms with E-state index in [1.54, 1.807) is 12.1 Å². The molecule has 0 aliphatic heterocycles. The molecule has 0 spiro atoms. The van der Waals surface area contributed by atoms with E-state index in [4.69, 9.17) is 12.2 Å². The Hall–Kier alpha value is -2.93. The van der Waals surface area contributed by atoms with Crippen molar-refractivity contribution in [2.75, 3.05) is 11.9 Å². The molecule has 6 nitrogen and oxygen atoms in total. The Morgan fingerprint density at radius 3 is 2.36 bits per heavy atom. The molecule has 0 aliphatic rings. The van der Waals surface area contributed by atoms with E-state index in [0.29, 0.717) is 5.56 Å². The van der Waals surface area contributed by atoms with Crippen LogP contribution in [-0.4, -0.2) is 23.5 Å².